The molecule has 0 amide bonds. The van der Waals surface area contributed by atoms with Crippen LogP contribution in [0.15, 0.2) is 59.7 Å². The lowest BCUT2D eigenvalue weighted by atomic mass is 9.59. The fraction of sp³-hybridized carbons (Fsp3) is 0.486. The van der Waals surface area contributed by atoms with E-state index >= 15 is 0 Å². The summed E-state index contributed by atoms with van der Waals surface area (Å²) < 4.78 is 7.12. The van der Waals surface area contributed by atoms with Crippen LogP contribution in [0.25, 0.3) is 0 Å². The molecular formula is C37H44O4. The molecule has 4 heteroatoms. The number of hydrogen-bond acceptors (Lipinski definition) is 4. The van der Waals surface area contributed by atoms with Crippen LogP contribution in [-0.2, 0) is 21.0 Å². The zero-order chi connectivity index (χ0) is 30.7. The van der Waals surface area contributed by atoms with Crippen molar-refractivity contribution in [2.24, 2.45) is 10.8 Å². The van der Waals surface area contributed by atoms with E-state index in [1.165, 1.54) is 0 Å². The molecular weight excluding hydrogens is 508 g/mol. The Balaban J connectivity index is 2.02. The molecule has 0 unspecified atom stereocenters. The molecule has 5 rings (SSSR count). The molecule has 0 atom stereocenters. The third kappa shape index (κ3) is 3.96. The van der Waals surface area contributed by atoms with E-state index in [0.717, 1.165) is 11.1 Å². The van der Waals surface area contributed by atoms with E-state index in [1.807, 2.05) is 59.8 Å². The molecule has 2 aromatic carbocycles. The van der Waals surface area contributed by atoms with Gasteiger partial charge in [0.05, 0.1) is 0 Å². The number of carbonyl (C=O) groups is 3. The highest BCUT2D eigenvalue weighted by Gasteiger charge is 2.72. The topological polar surface area (TPSA) is 60.4 Å². The van der Waals surface area contributed by atoms with Crippen molar-refractivity contribution in [1.82, 2.24) is 0 Å². The second-order valence-corrected chi connectivity index (χ2v) is 16.2. The summed E-state index contributed by atoms with van der Waals surface area (Å²) in [6.45, 7) is 24.8. The van der Waals surface area contributed by atoms with Gasteiger partial charge in [0.25, 0.3) is 0 Å². The summed E-state index contributed by atoms with van der Waals surface area (Å²) in [6, 6.07) is 11.3. The highest BCUT2D eigenvalue weighted by molar-refractivity contribution is 6.35. The number of carbonyl (C=O) groups excluding carboxylic acids is 3. The maximum Gasteiger partial charge on any atom is 0.186 e. The van der Waals surface area contributed by atoms with E-state index in [0.29, 0.717) is 33.6 Å². The van der Waals surface area contributed by atoms with E-state index in [4.69, 9.17) is 4.74 Å². The normalized spacial score (nSPS) is 19.8. The lowest BCUT2D eigenvalue weighted by Crippen LogP contribution is -2.58. The molecule has 2 aromatic rings. The molecule has 2 aliphatic carbocycles. The molecule has 0 radical (unpaired) electrons. The van der Waals surface area contributed by atoms with Gasteiger partial charge in [0.15, 0.2) is 28.4 Å². The molecule has 41 heavy (non-hydrogen) atoms. The smallest absolute Gasteiger partial charge is 0.186 e. The second-order valence-electron chi connectivity index (χ2n) is 16.2. The van der Waals surface area contributed by atoms with Crippen molar-refractivity contribution in [3.63, 3.8) is 0 Å². The first kappa shape index (κ1) is 29.2. The highest BCUT2D eigenvalue weighted by atomic mass is 16.5. The minimum absolute atomic E-state index is 0.0628. The lowest BCUT2D eigenvalue weighted by molar-refractivity contribution is -0.114. The van der Waals surface area contributed by atoms with Gasteiger partial charge >= 0.3 is 0 Å². The molecule has 1 heterocycles. The van der Waals surface area contributed by atoms with Crippen molar-refractivity contribution >= 4 is 17.3 Å². The number of Topliss-reactive ketones (excluding diaryl/α,β-unsaturated/α-hetero) is 3. The molecule has 0 N–H and O–H groups in total. The van der Waals surface area contributed by atoms with Gasteiger partial charge in [-0.15, -0.1) is 0 Å². The molecule has 0 fully saturated rings. The van der Waals surface area contributed by atoms with E-state index in [9.17, 15) is 14.4 Å². The van der Waals surface area contributed by atoms with E-state index in [1.54, 1.807) is 24.3 Å². The van der Waals surface area contributed by atoms with Gasteiger partial charge in [-0.2, -0.15) is 0 Å². The Bertz CT molecular complexity index is 1510. The van der Waals surface area contributed by atoms with Crippen LogP contribution in [0.3, 0.4) is 0 Å². The Morgan fingerprint density at radius 3 is 1.46 bits per heavy atom. The zero-order valence-corrected chi connectivity index (χ0v) is 26.8. The van der Waals surface area contributed by atoms with Crippen molar-refractivity contribution in [1.29, 1.82) is 0 Å². The number of ether oxygens (including phenoxy) is 1. The van der Waals surface area contributed by atoms with Gasteiger partial charge in [0.1, 0.15) is 5.75 Å². The zero-order valence-electron chi connectivity index (χ0n) is 26.8. The van der Waals surface area contributed by atoms with Crippen LogP contribution in [0.2, 0.25) is 0 Å². The third-order valence-corrected chi connectivity index (χ3v) is 8.94. The predicted molar refractivity (Wildman–Crippen MR) is 164 cm³/mol. The first-order chi connectivity index (χ1) is 18.6. The molecule has 0 aromatic heterocycles. The molecule has 2 spiro atoms. The van der Waals surface area contributed by atoms with E-state index in [-0.39, 0.29) is 28.2 Å². The van der Waals surface area contributed by atoms with Gasteiger partial charge in [0, 0.05) is 33.4 Å². The summed E-state index contributed by atoms with van der Waals surface area (Å²) >= 11 is 0. The Hall–Kier alpha value is -3.27. The van der Waals surface area contributed by atoms with E-state index in [2.05, 4.69) is 47.6 Å². The van der Waals surface area contributed by atoms with Gasteiger partial charge < -0.3 is 4.74 Å². The predicted octanol–water partition coefficient (Wildman–Crippen LogP) is 8.26. The molecule has 1 aliphatic heterocycles. The van der Waals surface area contributed by atoms with Crippen molar-refractivity contribution in [2.45, 2.75) is 105 Å². The summed E-state index contributed by atoms with van der Waals surface area (Å²) in [5.74, 6) is -0.0344. The fourth-order valence-electron chi connectivity index (χ4n) is 6.59. The number of allylic oxidation sites excluding steroid dienone is 2. The quantitative estimate of drug-likeness (QED) is 0.309. The van der Waals surface area contributed by atoms with Crippen molar-refractivity contribution in [2.75, 3.05) is 0 Å². The number of fused-ring (bicyclic) bond motifs is 4. The van der Waals surface area contributed by atoms with Gasteiger partial charge in [-0.05, 0) is 45.4 Å². The van der Waals surface area contributed by atoms with Crippen LogP contribution in [-0.4, -0.2) is 23.0 Å². The Morgan fingerprint density at radius 2 is 1.07 bits per heavy atom. The SMILES string of the molecule is CC(C)(C)C1=CC2(C=C(C(C)(C)C)C1=O)Oc1c(C(C)(C)C)cc(C(C)(C)C)cc1C21C(=O)c2ccccc2C1=O. The molecule has 0 saturated carbocycles. The Labute approximate surface area is 245 Å². The number of rotatable bonds is 0. The molecule has 0 bridgehead atoms. The average Bonchev–Trinajstić information content (AvgIpc) is 3.23. The summed E-state index contributed by atoms with van der Waals surface area (Å²) in [5, 5.41) is 0. The Kier molecular flexibility index (Phi) is 5.99. The monoisotopic (exact) mass is 552 g/mol. The van der Waals surface area contributed by atoms with Crippen molar-refractivity contribution in [3.05, 3.63) is 87.5 Å². The minimum Gasteiger partial charge on any atom is -0.476 e. The van der Waals surface area contributed by atoms with Crippen LogP contribution in [0.4, 0.5) is 0 Å². The summed E-state index contributed by atoms with van der Waals surface area (Å²) in [4.78, 5) is 43.9. The van der Waals surface area contributed by atoms with Crippen LogP contribution in [0, 0.1) is 10.8 Å². The van der Waals surface area contributed by atoms with E-state index < -0.39 is 21.8 Å². The molecule has 0 saturated heterocycles. The van der Waals surface area contributed by atoms with Crippen LogP contribution < -0.4 is 4.74 Å². The van der Waals surface area contributed by atoms with Crippen LogP contribution in [0.5, 0.6) is 5.75 Å². The molecule has 3 aliphatic rings. The van der Waals surface area contributed by atoms with Gasteiger partial charge in [-0.1, -0.05) is 113 Å². The number of ketones is 3. The molecule has 4 nitrogen and oxygen atoms in total. The van der Waals surface area contributed by atoms with Crippen molar-refractivity contribution in [3.8, 4) is 5.75 Å². The third-order valence-electron chi connectivity index (χ3n) is 8.94. The number of hydrogen-bond donors (Lipinski definition) is 0. The summed E-state index contributed by atoms with van der Waals surface area (Å²) in [5.41, 5.74) is -0.374. The maximum atomic E-state index is 14.9. The summed E-state index contributed by atoms with van der Waals surface area (Å²) in [6.07, 6.45) is 3.63. The first-order valence-electron chi connectivity index (χ1n) is 14.7. The van der Waals surface area contributed by atoms with Gasteiger partial charge in [-0.3, -0.25) is 14.4 Å². The van der Waals surface area contributed by atoms with Crippen molar-refractivity contribution < 1.29 is 19.1 Å². The van der Waals surface area contributed by atoms with Gasteiger partial charge in [-0.25, -0.2) is 0 Å². The Morgan fingerprint density at radius 1 is 0.610 bits per heavy atom. The molecule has 216 valence electrons. The van der Waals surface area contributed by atoms with Gasteiger partial charge in [0.2, 0.25) is 0 Å². The lowest BCUT2D eigenvalue weighted by Gasteiger charge is -2.42. The largest absolute Gasteiger partial charge is 0.476 e. The standard InChI is InChI=1S/C37H44O4/c1-32(2,3)21-17-24(33(4,5)6)29-25(18-21)37(30(39)22-15-13-14-16-23(22)31(37)40)36(41-29)19-26(34(7,8)9)28(38)27(20-36)35(10,11)12/h13-20H,1-12H3. The number of benzene rings is 2. The van der Waals surface area contributed by atoms with Crippen LogP contribution >= 0.6 is 0 Å². The first-order valence-corrected chi connectivity index (χ1v) is 14.7. The van der Waals surface area contributed by atoms with Crippen LogP contribution in [0.1, 0.15) is 120 Å². The minimum atomic E-state index is -1.69. The fourth-order valence-corrected chi connectivity index (χ4v) is 6.59. The maximum absolute atomic E-state index is 14.9. The highest BCUT2D eigenvalue weighted by Crippen LogP contribution is 2.62. The summed E-state index contributed by atoms with van der Waals surface area (Å²) in [7, 11) is 0. The average molecular weight is 553 g/mol. The second kappa shape index (κ2) is 8.40.